The number of carbonyl (C=O) groups is 1. The fourth-order valence-electron chi connectivity index (χ4n) is 1.54. The molecule has 1 N–H and O–H groups in total. The third-order valence-corrected chi connectivity index (χ3v) is 2.50. The maximum Gasteiger partial charge on any atom is 0.159 e. The molecule has 0 unspecified atom stereocenters. The number of carbonyl (C=O) groups excluding carboxylic acids is 1. The van der Waals surface area contributed by atoms with Gasteiger partial charge in [0.2, 0.25) is 0 Å². The van der Waals surface area contributed by atoms with Crippen molar-refractivity contribution in [3.63, 3.8) is 0 Å². The highest BCUT2D eigenvalue weighted by Gasteiger charge is 2.04. The molecule has 0 aliphatic rings. The van der Waals surface area contributed by atoms with Gasteiger partial charge in [-0.15, -0.1) is 0 Å². The minimum Gasteiger partial charge on any atom is -0.353 e. The third kappa shape index (κ3) is 2.71. The van der Waals surface area contributed by atoms with Crippen molar-refractivity contribution in [1.82, 2.24) is 0 Å². The molecule has 0 saturated carbocycles. The van der Waals surface area contributed by atoms with Crippen LogP contribution in [0.3, 0.4) is 0 Å². The van der Waals surface area contributed by atoms with E-state index in [0.717, 1.165) is 18.2 Å². The van der Waals surface area contributed by atoms with Crippen LogP contribution >= 0.6 is 0 Å². The van der Waals surface area contributed by atoms with Crippen LogP contribution < -0.4 is 5.32 Å². The second-order valence-electron chi connectivity index (χ2n) is 3.88. The highest BCUT2D eigenvalue weighted by atomic mass is 19.1. The van der Waals surface area contributed by atoms with Crippen molar-refractivity contribution in [1.29, 1.82) is 0 Å². The highest BCUT2D eigenvalue weighted by molar-refractivity contribution is 5.94. The molecule has 0 aliphatic heterocycles. The molecule has 2 rings (SSSR count). The molecular formula is C14H11F2NO. The van der Waals surface area contributed by atoms with Gasteiger partial charge in [-0.2, -0.15) is 0 Å². The summed E-state index contributed by atoms with van der Waals surface area (Å²) in [6.45, 7) is 1.47. The Morgan fingerprint density at radius 1 is 1.06 bits per heavy atom. The maximum absolute atomic E-state index is 13.4. The van der Waals surface area contributed by atoms with E-state index in [1.54, 1.807) is 24.3 Å². The van der Waals surface area contributed by atoms with Gasteiger partial charge in [-0.25, -0.2) is 8.78 Å². The van der Waals surface area contributed by atoms with E-state index in [2.05, 4.69) is 5.32 Å². The molecule has 2 aromatic rings. The molecule has 2 aromatic carbocycles. The molecule has 0 bridgehead atoms. The van der Waals surface area contributed by atoms with Crippen LogP contribution in [0.5, 0.6) is 0 Å². The Morgan fingerprint density at radius 2 is 1.72 bits per heavy atom. The summed E-state index contributed by atoms with van der Waals surface area (Å²) in [4.78, 5) is 11.1. The quantitative estimate of drug-likeness (QED) is 0.833. The Labute approximate surface area is 103 Å². The van der Waals surface area contributed by atoms with Crippen LogP contribution in [0.2, 0.25) is 0 Å². The number of halogens is 2. The average molecular weight is 247 g/mol. The number of hydrogen-bond donors (Lipinski definition) is 1. The van der Waals surface area contributed by atoms with Gasteiger partial charge in [-0.1, -0.05) is 0 Å². The van der Waals surface area contributed by atoms with Gasteiger partial charge in [-0.3, -0.25) is 4.79 Å². The predicted octanol–water partition coefficient (Wildman–Crippen LogP) is 3.91. The van der Waals surface area contributed by atoms with Gasteiger partial charge in [0.1, 0.15) is 11.6 Å². The van der Waals surface area contributed by atoms with Crippen molar-refractivity contribution < 1.29 is 13.6 Å². The Balaban J connectivity index is 2.23. The largest absolute Gasteiger partial charge is 0.353 e. The molecule has 0 saturated heterocycles. The average Bonchev–Trinajstić information content (AvgIpc) is 2.34. The molecule has 0 atom stereocenters. The normalized spacial score (nSPS) is 10.2. The predicted molar refractivity (Wildman–Crippen MR) is 66.1 cm³/mol. The minimum absolute atomic E-state index is 0.0431. The van der Waals surface area contributed by atoms with Crippen LogP contribution in [0.4, 0.5) is 20.2 Å². The van der Waals surface area contributed by atoms with Gasteiger partial charge in [0.05, 0.1) is 5.69 Å². The topological polar surface area (TPSA) is 29.1 Å². The number of benzene rings is 2. The lowest BCUT2D eigenvalue weighted by Crippen LogP contribution is -1.96. The van der Waals surface area contributed by atoms with Crippen molar-refractivity contribution in [3.05, 3.63) is 59.7 Å². The van der Waals surface area contributed by atoms with Crippen LogP contribution in [-0.4, -0.2) is 5.78 Å². The molecule has 0 amide bonds. The summed E-state index contributed by atoms with van der Waals surface area (Å²) < 4.78 is 26.3. The molecular weight excluding hydrogens is 236 g/mol. The second kappa shape index (κ2) is 4.96. The van der Waals surface area contributed by atoms with Crippen molar-refractivity contribution in [2.24, 2.45) is 0 Å². The molecule has 0 aliphatic carbocycles. The molecule has 92 valence electrons. The van der Waals surface area contributed by atoms with Crippen LogP contribution in [0.15, 0.2) is 42.5 Å². The first kappa shape index (κ1) is 12.2. The van der Waals surface area contributed by atoms with Crippen molar-refractivity contribution in [2.45, 2.75) is 6.92 Å². The summed E-state index contributed by atoms with van der Waals surface area (Å²) >= 11 is 0. The standard InChI is InChI=1S/C14H11F2NO/c1-9(18)10-2-5-12(6-3-10)17-14-8-11(15)4-7-13(14)16/h2-8,17H,1H3. The lowest BCUT2D eigenvalue weighted by atomic mass is 10.1. The fourth-order valence-corrected chi connectivity index (χ4v) is 1.54. The maximum atomic E-state index is 13.4. The van der Waals surface area contributed by atoms with E-state index in [0.29, 0.717) is 11.3 Å². The molecule has 0 spiro atoms. The minimum atomic E-state index is -0.535. The van der Waals surface area contributed by atoms with Gasteiger partial charge in [0, 0.05) is 17.3 Å². The Kier molecular flexibility index (Phi) is 3.37. The molecule has 0 radical (unpaired) electrons. The van der Waals surface area contributed by atoms with Gasteiger partial charge in [0.15, 0.2) is 5.78 Å². The zero-order valence-electron chi connectivity index (χ0n) is 9.71. The van der Waals surface area contributed by atoms with Crippen LogP contribution in [0.1, 0.15) is 17.3 Å². The van der Waals surface area contributed by atoms with Crippen LogP contribution in [0.25, 0.3) is 0 Å². The Hall–Kier alpha value is -2.23. The second-order valence-corrected chi connectivity index (χ2v) is 3.88. The zero-order valence-corrected chi connectivity index (χ0v) is 9.71. The van der Waals surface area contributed by atoms with Crippen molar-refractivity contribution in [2.75, 3.05) is 5.32 Å². The first-order valence-corrected chi connectivity index (χ1v) is 5.39. The van der Waals surface area contributed by atoms with E-state index in [-0.39, 0.29) is 11.5 Å². The van der Waals surface area contributed by atoms with Crippen LogP contribution in [0, 0.1) is 11.6 Å². The first-order chi connectivity index (χ1) is 8.56. The van der Waals surface area contributed by atoms with Crippen molar-refractivity contribution in [3.8, 4) is 0 Å². The lowest BCUT2D eigenvalue weighted by molar-refractivity contribution is 0.101. The number of hydrogen-bond acceptors (Lipinski definition) is 2. The summed E-state index contributed by atoms with van der Waals surface area (Å²) in [5.41, 5.74) is 1.22. The molecule has 18 heavy (non-hydrogen) atoms. The molecule has 4 heteroatoms. The molecule has 2 nitrogen and oxygen atoms in total. The van der Waals surface area contributed by atoms with Crippen molar-refractivity contribution >= 4 is 17.2 Å². The Morgan fingerprint density at radius 3 is 2.33 bits per heavy atom. The number of rotatable bonds is 3. The number of nitrogens with one attached hydrogen (secondary N) is 1. The van der Waals surface area contributed by atoms with E-state index in [9.17, 15) is 13.6 Å². The third-order valence-electron chi connectivity index (χ3n) is 2.50. The van der Waals surface area contributed by atoms with Gasteiger partial charge < -0.3 is 5.32 Å². The molecule has 0 aromatic heterocycles. The highest BCUT2D eigenvalue weighted by Crippen LogP contribution is 2.21. The molecule has 0 heterocycles. The SMILES string of the molecule is CC(=O)c1ccc(Nc2cc(F)ccc2F)cc1. The van der Waals surface area contributed by atoms with E-state index < -0.39 is 11.6 Å². The Bertz CT molecular complexity index is 579. The summed E-state index contributed by atoms with van der Waals surface area (Å²) in [6.07, 6.45) is 0. The van der Waals surface area contributed by atoms with E-state index >= 15 is 0 Å². The van der Waals surface area contributed by atoms with E-state index in [1.807, 2.05) is 0 Å². The van der Waals surface area contributed by atoms with Gasteiger partial charge in [0.25, 0.3) is 0 Å². The van der Waals surface area contributed by atoms with Crippen LogP contribution in [-0.2, 0) is 0 Å². The number of Topliss-reactive ketones (excluding diaryl/α,β-unsaturated/α-hetero) is 1. The van der Waals surface area contributed by atoms with E-state index in [1.165, 1.54) is 6.92 Å². The zero-order chi connectivity index (χ0) is 13.1. The van der Waals surface area contributed by atoms with Gasteiger partial charge in [-0.05, 0) is 43.3 Å². The van der Waals surface area contributed by atoms with Gasteiger partial charge >= 0.3 is 0 Å². The smallest absolute Gasteiger partial charge is 0.159 e. The monoisotopic (exact) mass is 247 g/mol. The number of anilines is 2. The first-order valence-electron chi connectivity index (χ1n) is 5.39. The summed E-state index contributed by atoms with van der Waals surface area (Å²) in [6, 6.07) is 9.72. The van der Waals surface area contributed by atoms with E-state index in [4.69, 9.17) is 0 Å². The molecule has 0 fully saturated rings. The number of ketones is 1. The summed E-state index contributed by atoms with van der Waals surface area (Å²) in [7, 11) is 0. The fraction of sp³-hybridized carbons (Fsp3) is 0.0714. The lowest BCUT2D eigenvalue weighted by Gasteiger charge is -2.08. The summed E-state index contributed by atoms with van der Waals surface area (Å²) in [5.74, 6) is -1.09. The summed E-state index contributed by atoms with van der Waals surface area (Å²) in [5, 5.41) is 2.75.